The van der Waals surface area contributed by atoms with Crippen molar-refractivity contribution in [3.8, 4) is 0 Å². The molecule has 1 fully saturated rings. The fraction of sp³-hybridized carbons (Fsp3) is 0.909. The van der Waals surface area contributed by atoms with E-state index in [1.165, 1.54) is 0 Å². The summed E-state index contributed by atoms with van der Waals surface area (Å²) in [5.74, 6) is 0.646. The number of aliphatic hydroxyl groups is 1. The van der Waals surface area contributed by atoms with Crippen molar-refractivity contribution in [1.29, 1.82) is 0 Å². The molecular weight excluding hydrogens is 164 g/mol. The first kappa shape index (κ1) is 10.7. The molecule has 0 bridgehead atoms. The van der Waals surface area contributed by atoms with Crippen LogP contribution in [-0.2, 0) is 4.79 Å². The van der Waals surface area contributed by atoms with Crippen LogP contribution in [0.4, 0.5) is 0 Å². The summed E-state index contributed by atoms with van der Waals surface area (Å²) in [5.41, 5.74) is 0. The average Bonchev–Trinajstić information content (AvgIpc) is 2.16. The van der Waals surface area contributed by atoms with Crippen LogP contribution in [0.5, 0.6) is 0 Å². The van der Waals surface area contributed by atoms with E-state index in [-0.39, 0.29) is 11.7 Å². The normalized spacial score (nSPS) is 31.8. The summed E-state index contributed by atoms with van der Waals surface area (Å²) < 4.78 is 0. The van der Waals surface area contributed by atoms with Gasteiger partial charge in [0.05, 0.1) is 6.10 Å². The standard InChI is InChI=1S/C11H20O2/c1-3-8-6-5-7-10(13)11(8)9(12)4-2/h8-9,11-12H,3-7H2,1-2H3/t8-,9+,11-/m0/s1. The molecule has 0 aliphatic heterocycles. The van der Waals surface area contributed by atoms with Crippen LogP contribution >= 0.6 is 0 Å². The number of carbonyl (C=O) groups excluding carboxylic acids is 1. The van der Waals surface area contributed by atoms with E-state index in [1.54, 1.807) is 0 Å². The van der Waals surface area contributed by atoms with Crippen molar-refractivity contribution in [3.05, 3.63) is 0 Å². The van der Waals surface area contributed by atoms with Gasteiger partial charge >= 0.3 is 0 Å². The maximum atomic E-state index is 11.6. The molecular formula is C11H20O2. The molecule has 13 heavy (non-hydrogen) atoms. The molecule has 2 heteroatoms. The maximum absolute atomic E-state index is 11.6. The molecule has 0 heterocycles. The third-order valence-electron chi connectivity index (χ3n) is 3.23. The summed E-state index contributed by atoms with van der Waals surface area (Å²) in [5, 5.41) is 9.73. The zero-order valence-corrected chi connectivity index (χ0v) is 8.62. The van der Waals surface area contributed by atoms with Crippen molar-refractivity contribution >= 4 is 5.78 Å². The van der Waals surface area contributed by atoms with Crippen LogP contribution in [0.25, 0.3) is 0 Å². The first-order valence-electron chi connectivity index (χ1n) is 5.41. The van der Waals surface area contributed by atoms with E-state index in [0.29, 0.717) is 18.8 Å². The highest BCUT2D eigenvalue weighted by atomic mass is 16.3. The van der Waals surface area contributed by atoms with Gasteiger partial charge in [-0.1, -0.05) is 20.3 Å². The summed E-state index contributed by atoms with van der Waals surface area (Å²) in [7, 11) is 0. The molecule has 1 rings (SSSR count). The van der Waals surface area contributed by atoms with E-state index < -0.39 is 6.10 Å². The Balaban J connectivity index is 2.67. The number of rotatable bonds is 3. The van der Waals surface area contributed by atoms with Crippen LogP contribution in [0.1, 0.15) is 46.0 Å². The number of hydrogen-bond donors (Lipinski definition) is 1. The van der Waals surface area contributed by atoms with E-state index >= 15 is 0 Å². The van der Waals surface area contributed by atoms with Gasteiger partial charge in [-0.15, -0.1) is 0 Å². The Labute approximate surface area is 80.3 Å². The summed E-state index contributed by atoms with van der Waals surface area (Å²) in [4.78, 5) is 11.6. The first-order valence-corrected chi connectivity index (χ1v) is 5.41. The summed E-state index contributed by atoms with van der Waals surface area (Å²) in [6.45, 7) is 4.05. The predicted octanol–water partition coefficient (Wildman–Crippen LogP) is 2.15. The van der Waals surface area contributed by atoms with Crippen molar-refractivity contribution < 1.29 is 9.90 Å². The molecule has 76 valence electrons. The maximum Gasteiger partial charge on any atom is 0.138 e. The van der Waals surface area contributed by atoms with Crippen LogP contribution in [0.15, 0.2) is 0 Å². The van der Waals surface area contributed by atoms with Crippen LogP contribution in [0.3, 0.4) is 0 Å². The molecule has 2 nitrogen and oxygen atoms in total. The van der Waals surface area contributed by atoms with Gasteiger partial charge in [0.15, 0.2) is 0 Å². The molecule has 1 aliphatic carbocycles. The minimum atomic E-state index is -0.405. The summed E-state index contributed by atoms with van der Waals surface area (Å²) in [6.07, 6.45) is 4.13. The Morgan fingerprint density at radius 2 is 2.23 bits per heavy atom. The summed E-state index contributed by atoms with van der Waals surface area (Å²) >= 11 is 0. The van der Waals surface area contributed by atoms with Crippen LogP contribution in [0, 0.1) is 11.8 Å². The Bertz CT molecular complexity index is 177. The van der Waals surface area contributed by atoms with Gasteiger partial charge in [-0.3, -0.25) is 4.79 Å². The molecule has 0 spiro atoms. The number of aliphatic hydroxyl groups excluding tert-OH is 1. The lowest BCUT2D eigenvalue weighted by atomic mass is 9.73. The van der Waals surface area contributed by atoms with Gasteiger partial charge in [-0.05, 0) is 25.2 Å². The molecule has 1 aliphatic rings. The third-order valence-corrected chi connectivity index (χ3v) is 3.23. The second kappa shape index (κ2) is 4.75. The molecule has 0 radical (unpaired) electrons. The monoisotopic (exact) mass is 184 g/mol. The zero-order valence-electron chi connectivity index (χ0n) is 8.62. The second-order valence-corrected chi connectivity index (χ2v) is 4.03. The smallest absolute Gasteiger partial charge is 0.138 e. The summed E-state index contributed by atoms with van der Waals surface area (Å²) in [6, 6.07) is 0. The van der Waals surface area contributed by atoms with E-state index in [1.807, 2.05) is 6.92 Å². The van der Waals surface area contributed by atoms with E-state index in [0.717, 1.165) is 19.3 Å². The fourth-order valence-corrected chi connectivity index (χ4v) is 2.39. The highest BCUT2D eigenvalue weighted by Gasteiger charge is 2.34. The Morgan fingerprint density at radius 3 is 2.77 bits per heavy atom. The van der Waals surface area contributed by atoms with Crippen LogP contribution in [-0.4, -0.2) is 17.0 Å². The second-order valence-electron chi connectivity index (χ2n) is 4.03. The molecule has 0 saturated heterocycles. The molecule has 0 amide bonds. The minimum Gasteiger partial charge on any atom is -0.392 e. The van der Waals surface area contributed by atoms with Gasteiger partial charge in [-0.25, -0.2) is 0 Å². The van der Waals surface area contributed by atoms with Gasteiger partial charge in [0, 0.05) is 12.3 Å². The van der Waals surface area contributed by atoms with Gasteiger partial charge < -0.3 is 5.11 Å². The van der Waals surface area contributed by atoms with Gasteiger partial charge in [-0.2, -0.15) is 0 Å². The SMILES string of the molecule is CC[C@H]1CCCC(=O)[C@@H]1[C@H](O)CC. The van der Waals surface area contributed by atoms with E-state index in [2.05, 4.69) is 6.92 Å². The lowest BCUT2D eigenvalue weighted by molar-refractivity contribution is -0.131. The lowest BCUT2D eigenvalue weighted by Gasteiger charge is -2.32. The molecule has 3 atom stereocenters. The van der Waals surface area contributed by atoms with Crippen molar-refractivity contribution in [2.75, 3.05) is 0 Å². The van der Waals surface area contributed by atoms with Gasteiger partial charge in [0.1, 0.15) is 5.78 Å². The molecule has 0 aromatic carbocycles. The highest BCUT2D eigenvalue weighted by Crippen LogP contribution is 2.32. The third kappa shape index (κ3) is 2.31. The van der Waals surface area contributed by atoms with Crippen LogP contribution in [0.2, 0.25) is 0 Å². The molecule has 1 N–H and O–H groups in total. The van der Waals surface area contributed by atoms with Crippen LogP contribution < -0.4 is 0 Å². The lowest BCUT2D eigenvalue weighted by Crippen LogP contribution is -2.37. The predicted molar refractivity (Wildman–Crippen MR) is 52.4 cm³/mol. The number of ketones is 1. The number of carbonyl (C=O) groups is 1. The quantitative estimate of drug-likeness (QED) is 0.729. The van der Waals surface area contributed by atoms with Gasteiger partial charge in [0.2, 0.25) is 0 Å². The Morgan fingerprint density at radius 1 is 1.54 bits per heavy atom. The highest BCUT2D eigenvalue weighted by molar-refractivity contribution is 5.82. The van der Waals surface area contributed by atoms with Crippen molar-refractivity contribution in [3.63, 3.8) is 0 Å². The molecule has 0 aromatic rings. The minimum absolute atomic E-state index is 0.0660. The largest absolute Gasteiger partial charge is 0.392 e. The topological polar surface area (TPSA) is 37.3 Å². The van der Waals surface area contributed by atoms with Gasteiger partial charge in [0.25, 0.3) is 0 Å². The van der Waals surface area contributed by atoms with Crippen molar-refractivity contribution in [2.45, 2.75) is 52.1 Å². The first-order chi connectivity index (χ1) is 6.20. The molecule has 1 saturated carbocycles. The van der Waals surface area contributed by atoms with Crippen molar-refractivity contribution in [2.24, 2.45) is 11.8 Å². The fourth-order valence-electron chi connectivity index (χ4n) is 2.39. The van der Waals surface area contributed by atoms with Crippen molar-refractivity contribution in [1.82, 2.24) is 0 Å². The Kier molecular flexibility index (Phi) is 3.91. The number of hydrogen-bond acceptors (Lipinski definition) is 2. The van der Waals surface area contributed by atoms with E-state index in [4.69, 9.17) is 0 Å². The average molecular weight is 184 g/mol. The Hall–Kier alpha value is -0.370. The zero-order chi connectivity index (χ0) is 9.84. The number of Topliss-reactive ketones (excluding diaryl/α,β-unsaturated/α-hetero) is 1. The van der Waals surface area contributed by atoms with E-state index in [9.17, 15) is 9.90 Å². The molecule has 0 aromatic heterocycles. The molecule has 0 unspecified atom stereocenters.